The van der Waals surface area contributed by atoms with Gasteiger partial charge < -0.3 is 133 Å². The standard InChI is InChI=1S/C79H134BNO27/c1-77(2)78(3,4)108-80(107-77)71-12-16-74-73-15-11-70(69-9-13-72(14-10-69)106-22-19-81)67-75(73)79(76(74)68-71,17-7-20-84-27-29-88-35-37-92-43-45-96-51-53-100-59-61-104-65-63-102-57-55-98-49-47-94-41-39-90-33-31-86-25-23-82-5)18-8-21-85-28-30-89-36-38-93-44-46-97-52-54-101-60-62-105-66-64-103-58-56-99-50-48-95-42-40-91-34-32-87-26-24-83-6/h9-16,67-68H,7-8,17-66,81H2,1-6H3. The zero-order valence-corrected chi connectivity index (χ0v) is 66.2. The first-order valence-corrected chi connectivity index (χ1v) is 38.9. The number of ether oxygens (including phenoxy) is 25. The van der Waals surface area contributed by atoms with Gasteiger partial charge in [-0.2, -0.15) is 0 Å². The Morgan fingerprint density at radius 3 is 0.787 bits per heavy atom. The van der Waals surface area contributed by atoms with E-state index in [2.05, 4.69) is 76.2 Å². The summed E-state index contributed by atoms with van der Waals surface area (Å²) >= 11 is 0. The molecule has 29 heteroatoms. The van der Waals surface area contributed by atoms with Gasteiger partial charge in [0, 0.05) is 39.4 Å². The quantitative estimate of drug-likeness (QED) is 0.0468. The van der Waals surface area contributed by atoms with Crippen LogP contribution in [0.4, 0.5) is 0 Å². The summed E-state index contributed by atoms with van der Waals surface area (Å²) in [5.41, 5.74) is 12.6. The summed E-state index contributed by atoms with van der Waals surface area (Å²) < 4.78 is 153. The molecule has 3 aromatic carbocycles. The zero-order chi connectivity index (χ0) is 76.6. The van der Waals surface area contributed by atoms with Crippen LogP contribution in [0.15, 0.2) is 60.7 Å². The van der Waals surface area contributed by atoms with Crippen LogP contribution in [0.3, 0.4) is 0 Å². The van der Waals surface area contributed by atoms with Crippen molar-refractivity contribution < 1.29 is 128 Å². The molecule has 5 rings (SSSR count). The summed E-state index contributed by atoms with van der Waals surface area (Å²) in [6.07, 6.45) is 3.29. The Morgan fingerprint density at radius 1 is 0.278 bits per heavy atom. The molecule has 1 heterocycles. The van der Waals surface area contributed by atoms with Crippen LogP contribution in [0, 0.1) is 0 Å². The number of fused-ring (bicyclic) bond motifs is 3. The molecule has 1 aliphatic carbocycles. The minimum Gasteiger partial charge on any atom is -0.492 e. The van der Waals surface area contributed by atoms with Crippen LogP contribution in [0.2, 0.25) is 0 Å². The van der Waals surface area contributed by atoms with Crippen molar-refractivity contribution in [3.8, 4) is 28.0 Å². The van der Waals surface area contributed by atoms with E-state index in [4.69, 9.17) is 133 Å². The van der Waals surface area contributed by atoms with Gasteiger partial charge in [-0.05, 0) is 110 Å². The van der Waals surface area contributed by atoms with Crippen LogP contribution >= 0.6 is 0 Å². The van der Waals surface area contributed by atoms with Crippen molar-refractivity contribution in [2.75, 3.05) is 331 Å². The van der Waals surface area contributed by atoms with Crippen LogP contribution in [-0.2, 0) is 128 Å². The highest BCUT2D eigenvalue weighted by atomic mass is 16.7. The van der Waals surface area contributed by atoms with Gasteiger partial charge in [0.2, 0.25) is 0 Å². The smallest absolute Gasteiger partial charge is 0.492 e. The Bertz CT molecular complexity index is 2470. The lowest BCUT2D eigenvalue weighted by Gasteiger charge is -2.33. The lowest BCUT2D eigenvalue weighted by atomic mass is 9.69. The number of nitrogens with two attached hydrogens (primary N) is 1. The molecule has 0 bridgehead atoms. The number of hydrogen-bond donors (Lipinski definition) is 1. The Kier molecular flexibility index (Phi) is 56.1. The van der Waals surface area contributed by atoms with E-state index in [-0.39, 0.29) is 5.41 Å². The highest BCUT2D eigenvalue weighted by molar-refractivity contribution is 6.62. The third-order valence-electron chi connectivity index (χ3n) is 17.6. The van der Waals surface area contributed by atoms with Crippen LogP contribution in [0.25, 0.3) is 22.3 Å². The number of rotatable bonds is 79. The van der Waals surface area contributed by atoms with Gasteiger partial charge in [0.25, 0.3) is 0 Å². The van der Waals surface area contributed by atoms with Gasteiger partial charge >= 0.3 is 7.12 Å². The lowest BCUT2D eigenvalue weighted by molar-refractivity contribution is -0.0281. The van der Waals surface area contributed by atoms with Crippen LogP contribution in [-0.4, -0.2) is 350 Å². The van der Waals surface area contributed by atoms with E-state index in [0.717, 1.165) is 48.0 Å². The molecular formula is C79H134BNO27. The molecule has 0 amide bonds. The van der Waals surface area contributed by atoms with Crippen molar-refractivity contribution in [3.05, 3.63) is 71.8 Å². The van der Waals surface area contributed by atoms with E-state index < -0.39 is 18.3 Å². The van der Waals surface area contributed by atoms with Gasteiger partial charge in [0.15, 0.2) is 0 Å². The van der Waals surface area contributed by atoms with E-state index in [0.29, 0.717) is 317 Å². The third kappa shape index (κ3) is 42.5. The molecule has 0 aromatic heterocycles. The number of methoxy groups -OCH3 is 2. The molecule has 1 fully saturated rings. The summed E-state index contributed by atoms with van der Waals surface area (Å²) in [7, 11) is 2.77. The maximum atomic E-state index is 6.66. The second kappa shape index (κ2) is 63.8. The Hall–Kier alpha value is -3.56. The van der Waals surface area contributed by atoms with Gasteiger partial charge in [0.05, 0.1) is 302 Å². The van der Waals surface area contributed by atoms with Gasteiger partial charge in [-0.15, -0.1) is 0 Å². The largest absolute Gasteiger partial charge is 0.494 e. The topological polar surface area (TPSA) is 275 Å². The molecule has 620 valence electrons. The Balaban J connectivity index is 0.926. The van der Waals surface area contributed by atoms with Crippen molar-refractivity contribution in [3.63, 3.8) is 0 Å². The average Bonchev–Trinajstić information content (AvgIpc) is 1.56. The molecule has 1 saturated heterocycles. The molecule has 0 atom stereocenters. The van der Waals surface area contributed by atoms with Crippen molar-refractivity contribution in [1.82, 2.24) is 0 Å². The van der Waals surface area contributed by atoms with Crippen LogP contribution in [0.5, 0.6) is 5.75 Å². The summed E-state index contributed by atoms with van der Waals surface area (Å²) in [4.78, 5) is 0. The minimum absolute atomic E-state index is 0.384. The molecule has 0 spiro atoms. The number of hydrogen-bond acceptors (Lipinski definition) is 28. The Morgan fingerprint density at radius 2 is 0.519 bits per heavy atom. The molecular weight excluding hydrogens is 1410 g/mol. The van der Waals surface area contributed by atoms with Gasteiger partial charge in [-0.3, -0.25) is 0 Å². The molecule has 28 nitrogen and oxygen atoms in total. The summed E-state index contributed by atoms with van der Waals surface area (Å²) in [6, 6.07) is 21.9. The molecule has 0 unspecified atom stereocenters. The lowest BCUT2D eigenvalue weighted by Crippen LogP contribution is -2.41. The van der Waals surface area contributed by atoms with Crippen molar-refractivity contribution in [1.29, 1.82) is 0 Å². The predicted molar refractivity (Wildman–Crippen MR) is 409 cm³/mol. The maximum Gasteiger partial charge on any atom is 0.494 e. The highest BCUT2D eigenvalue weighted by Crippen LogP contribution is 2.54. The minimum atomic E-state index is -0.517. The van der Waals surface area contributed by atoms with E-state index in [9.17, 15) is 0 Å². The molecule has 2 aliphatic rings. The third-order valence-corrected chi connectivity index (χ3v) is 17.6. The average molecular weight is 1540 g/mol. The van der Waals surface area contributed by atoms with E-state index in [1.54, 1.807) is 14.2 Å². The van der Waals surface area contributed by atoms with Crippen LogP contribution < -0.4 is 15.9 Å². The number of benzene rings is 3. The van der Waals surface area contributed by atoms with E-state index in [1.165, 1.54) is 22.3 Å². The van der Waals surface area contributed by atoms with Crippen molar-refractivity contribution in [2.45, 2.75) is 70.0 Å². The summed E-state index contributed by atoms with van der Waals surface area (Å²) in [5.74, 6) is 0.788. The molecule has 2 N–H and O–H groups in total. The summed E-state index contributed by atoms with van der Waals surface area (Å²) in [6.45, 7) is 32.1. The Labute approximate surface area is 644 Å². The van der Waals surface area contributed by atoms with Crippen molar-refractivity contribution in [2.24, 2.45) is 5.73 Å². The predicted octanol–water partition coefficient (Wildman–Crippen LogP) is 6.48. The van der Waals surface area contributed by atoms with Gasteiger partial charge in [-0.25, -0.2) is 0 Å². The highest BCUT2D eigenvalue weighted by Gasteiger charge is 2.52. The molecule has 1 aliphatic heterocycles. The first-order valence-electron chi connectivity index (χ1n) is 38.9. The summed E-state index contributed by atoms with van der Waals surface area (Å²) in [5, 5.41) is 0. The normalized spacial score (nSPS) is 14.2. The van der Waals surface area contributed by atoms with Crippen molar-refractivity contribution >= 4 is 12.6 Å². The fraction of sp³-hybridized carbons (Fsp3) is 0.772. The maximum absolute atomic E-state index is 6.66. The first kappa shape index (κ1) is 95.0. The van der Waals surface area contributed by atoms with Crippen LogP contribution in [0.1, 0.15) is 64.5 Å². The van der Waals surface area contributed by atoms with E-state index >= 15 is 0 Å². The second-order valence-electron chi connectivity index (χ2n) is 26.1. The van der Waals surface area contributed by atoms with E-state index in [1.807, 2.05) is 12.1 Å². The molecule has 0 radical (unpaired) electrons. The van der Waals surface area contributed by atoms with Gasteiger partial charge in [0.1, 0.15) is 12.4 Å². The molecule has 3 aromatic rings. The fourth-order valence-electron chi connectivity index (χ4n) is 11.2. The first-order chi connectivity index (χ1) is 53.2. The molecule has 108 heavy (non-hydrogen) atoms. The molecule has 0 saturated carbocycles. The monoisotopic (exact) mass is 1540 g/mol. The fourth-order valence-corrected chi connectivity index (χ4v) is 11.2. The zero-order valence-electron chi connectivity index (χ0n) is 66.2. The van der Waals surface area contributed by atoms with Gasteiger partial charge in [-0.1, -0.05) is 42.5 Å². The SMILES string of the molecule is COCCOCCOCCOCCOCCOCCOCCOCCOCCOCCOCCOCCCC1(CCCOCCOCCOCCOCCOCCOCCOCCOCCOCCOCCOCCOC)c2cc(B3OC(C)(C)C(C)(C)O3)ccc2-c2ccc(-c3ccc(OCCN)cc3)cc21. The second-order valence-corrected chi connectivity index (χ2v) is 26.1.